The van der Waals surface area contributed by atoms with Crippen LogP contribution >= 0.6 is 24.0 Å². The number of rotatable bonds is 6. The molecular weight excluding hydrogens is 533 g/mol. The Bertz CT molecular complexity index is 955. The van der Waals surface area contributed by atoms with Crippen LogP contribution in [0.2, 0.25) is 0 Å². The minimum atomic E-state index is -0.0649. The van der Waals surface area contributed by atoms with Gasteiger partial charge in [-0.15, -0.1) is 24.0 Å². The van der Waals surface area contributed by atoms with Gasteiger partial charge in [0.25, 0.3) is 5.91 Å². The summed E-state index contributed by atoms with van der Waals surface area (Å²) in [4.78, 5) is 35.2. The standard InChI is InChI=1S/C24H31N5O3.HI/c1-2-25-24(28-13-11-27(12-14-28)23(31)21-8-5-15-32-21)26-17-19-6-3-7-20(16-19)18-29-10-4-9-22(29)30;/h3,5-8,15-16H,2,4,9-14,17-18H2,1H3,(H,25,26);1H. The maximum atomic E-state index is 12.5. The Hall–Kier alpha value is -2.56. The van der Waals surface area contributed by atoms with Crippen molar-refractivity contribution in [3.05, 3.63) is 59.5 Å². The molecule has 33 heavy (non-hydrogen) atoms. The van der Waals surface area contributed by atoms with Gasteiger partial charge in [0.15, 0.2) is 11.7 Å². The van der Waals surface area contributed by atoms with E-state index in [0.29, 0.717) is 38.4 Å². The lowest BCUT2D eigenvalue weighted by atomic mass is 10.1. The van der Waals surface area contributed by atoms with Crippen molar-refractivity contribution in [3.63, 3.8) is 0 Å². The molecule has 2 amide bonds. The summed E-state index contributed by atoms with van der Waals surface area (Å²) in [5, 5.41) is 3.37. The first-order chi connectivity index (χ1) is 15.6. The van der Waals surface area contributed by atoms with Gasteiger partial charge < -0.3 is 24.4 Å². The minimum Gasteiger partial charge on any atom is -0.459 e. The fraction of sp³-hybridized carbons (Fsp3) is 0.458. The van der Waals surface area contributed by atoms with Crippen molar-refractivity contribution in [3.8, 4) is 0 Å². The molecule has 0 atom stereocenters. The number of benzene rings is 1. The van der Waals surface area contributed by atoms with Crippen molar-refractivity contribution in [2.45, 2.75) is 32.9 Å². The number of hydrogen-bond acceptors (Lipinski definition) is 4. The zero-order valence-corrected chi connectivity index (χ0v) is 21.4. The molecule has 2 fully saturated rings. The number of carbonyl (C=O) groups excluding carboxylic acids is 2. The van der Waals surface area contributed by atoms with E-state index in [2.05, 4.69) is 35.3 Å². The smallest absolute Gasteiger partial charge is 0.289 e. The topological polar surface area (TPSA) is 81.4 Å². The molecule has 1 aromatic heterocycles. The molecule has 0 aliphatic carbocycles. The Morgan fingerprint density at radius 2 is 1.82 bits per heavy atom. The van der Waals surface area contributed by atoms with Crippen LogP contribution in [0.15, 0.2) is 52.1 Å². The number of likely N-dealkylation sites (tertiary alicyclic amines) is 1. The number of amides is 2. The van der Waals surface area contributed by atoms with Gasteiger partial charge in [0.1, 0.15) is 0 Å². The van der Waals surface area contributed by atoms with Crippen molar-refractivity contribution >= 4 is 41.8 Å². The molecule has 2 saturated heterocycles. The molecule has 2 aliphatic heterocycles. The number of carbonyl (C=O) groups is 2. The molecule has 4 rings (SSSR count). The zero-order chi connectivity index (χ0) is 22.3. The van der Waals surface area contributed by atoms with E-state index in [4.69, 9.17) is 9.41 Å². The number of guanidine groups is 1. The summed E-state index contributed by atoms with van der Waals surface area (Å²) in [6.07, 6.45) is 3.14. The normalized spacial score (nSPS) is 16.7. The van der Waals surface area contributed by atoms with Crippen molar-refractivity contribution in [1.82, 2.24) is 20.0 Å². The molecule has 3 heterocycles. The lowest BCUT2D eigenvalue weighted by molar-refractivity contribution is -0.128. The molecule has 9 heteroatoms. The Morgan fingerprint density at radius 3 is 2.48 bits per heavy atom. The first kappa shape index (κ1) is 25.1. The quantitative estimate of drug-likeness (QED) is 0.331. The van der Waals surface area contributed by atoms with Gasteiger partial charge in [0.2, 0.25) is 5.91 Å². The second-order valence-electron chi connectivity index (χ2n) is 8.17. The summed E-state index contributed by atoms with van der Waals surface area (Å²) in [5.41, 5.74) is 2.26. The van der Waals surface area contributed by atoms with E-state index in [9.17, 15) is 9.59 Å². The maximum Gasteiger partial charge on any atom is 0.289 e. The molecule has 0 saturated carbocycles. The van der Waals surface area contributed by atoms with Gasteiger partial charge >= 0.3 is 0 Å². The first-order valence-electron chi connectivity index (χ1n) is 11.4. The number of piperazine rings is 1. The average molecular weight is 565 g/mol. The summed E-state index contributed by atoms with van der Waals surface area (Å²) in [7, 11) is 0. The van der Waals surface area contributed by atoms with Gasteiger partial charge in [-0.05, 0) is 36.6 Å². The number of nitrogens with one attached hydrogen (secondary N) is 1. The lowest BCUT2D eigenvalue weighted by Gasteiger charge is -2.36. The third kappa shape index (κ3) is 6.49. The van der Waals surface area contributed by atoms with Crippen LogP contribution in [0.25, 0.3) is 0 Å². The van der Waals surface area contributed by atoms with Crippen LogP contribution in [0.4, 0.5) is 0 Å². The monoisotopic (exact) mass is 565 g/mol. The molecular formula is C24H32IN5O3. The number of aliphatic imine (C=N–C) groups is 1. The summed E-state index contributed by atoms with van der Waals surface area (Å²) >= 11 is 0. The Morgan fingerprint density at radius 1 is 1.06 bits per heavy atom. The highest BCUT2D eigenvalue weighted by Gasteiger charge is 2.25. The molecule has 0 radical (unpaired) electrons. The van der Waals surface area contributed by atoms with E-state index in [1.54, 1.807) is 12.1 Å². The van der Waals surface area contributed by atoms with Crippen LogP contribution < -0.4 is 5.32 Å². The highest BCUT2D eigenvalue weighted by atomic mass is 127. The summed E-state index contributed by atoms with van der Waals surface area (Å²) in [6, 6.07) is 11.7. The van der Waals surface area contributed by atoms with Crippen molar-refractivity contribution in [2.24, 2.45) is 4.99 Å². The summed E-state index contributed by atoms with van der Waals surface area (Å²) < 4.78 is 5.24. The van der Waals surface area contributed by atoms with Gasteiger partial charge in [0.05, 0.1) is 12.8 Å². The van der Waals surface area contributed by atoms with Crippen LogP contribution in [-0.4, -0.2) is 71.7 Å². The Kier molecular flexibility index (Phi) is 9.16. The molecule has 1 N–H and O–H groups in total. The van der Waals surface area contributed by atoms with Crippen LogP contribution in [0.1, 0.15) is 41.4 Å². The number of furan rings is 1. The molecule has 1 aromatic carbocycles. The highest BCUT2D eigenvalue weighted by Crippen LogP contribution is 2.16. The van der Waals surface area contributed by atoms with E-state index < -0.39 is 0 Å². The van der Waals surface area contributed by atoms with Gasteiger partial charge in [0, 0.05) is 52.2 Å². The van der Waals surface area contributed by atoms with E-state index in [0.717, 1.165) is 49.7 Å². The second kappa shape index (κ2) is 12.1. The maximum absolute atomic E-state index is 12.5. The third-order valence-electron chi connectivity index (χ3n) is 5.88. The molecule has 8 nitrogen and oxygen atoms in total. The van der Waals surface area contributed by atoms with Gasteiger partial charge in [-0.3, -0.25) is 9.59 Å². The van der Waals surface area contributed by atoms with E-state index in [-0.39, 0.29) is 35.8 Å². The number of halogens is 1. The highest BCUT2D eigenvalue weighted by molar-refractivity contribution is 14.0. The van der Waals surface area contributed by atoms with Crippen LogP contribution in [0, 0.1) is 0 Å². The predicted octanol–water partition coefficient (Wildman–Crippen LogP) is 2.94. The fourth-order valence-corrected chi connectivity index (χ4v) is 4.19. The van der Waals surface area contributed by atoms with E-state index >= 15 is 0 Å². The molecule has 0 unspecified atom stereocenters. The Balaban J connectivity index is 0.00000306. The van der Waals surface area contributed by atoms with E-state index in [1.807, 2.05) is 15.9 Å². The largest absolute Gasteiger partial charge is 0.459 e. The SMILES string of the molecule is CCNC(=NCc1cccc(CN2CCCC2=O)c1)N1CCN(C(=O)c2ccco2)CC1.I. The summed E-state index contributed by atoms with van der Waals surface area (Å²) in [5.74, 6) is 1.42. The lowest BCUT2D eigenvalue weighted by Crippen LogP contribution is -2.53. The fourth-order valence-electron chi connectivity index (χ4n) is 4.19. The first-order valence-corrected chi connectivity index (χ1v) is 11.4. The number of hydrogen-bond donors (Lipinski definition) is 1. The van der Waals surface area contributed by atoms with Crippen molar-refractivity contribution in [2.75, 3.05) is 39.3 Å². The minimum absolute atomic E-state index is 0. The molecule has 2 aliphatic rings. The Labute approximate surface area is 212 Å². The van der Waals surface area contributed by atoms with Gasteiger partial charge in [-0.25, -0.2) is 4.99 Å². The third-order valence-corrected chi connectivity index (χ3v) is 5.88. The van der Waals surface area contributed by atoms with Gasteiger partial charge in [-0.2, -0.15) is 0 Å². The van der Waals surface area contributed by atoms with Gasteiger partial charge in [-0.1, -0.05) is 24.3 Å². The van der Waals surface area contributed by atoms with Crippen LogP contribution in [0.3, 0.4) is 0 Å². The van der Waals surface area contributed by atoms with Crippen LogP contribution in [-0.2, 0) is 17.9 Å². The molecule has 2 aromatic rings. The second-order valence-corrected chi connectivity index (χ2v) is 8.17. The predicted molar refractivity (Wildman–Crippen MR) is 138 cm³/mol. The van der Waals surface area contributed by atoms with E-state index in [1.165, 1.54) is 6.26 Å². The van der Waals surface area contributed by atoms with Crippen molar-refractivity contribution < 1.29 is 14.0 Å². The molecule has 0 bridgehead atoms. The van der Waals surface area contributed by atoms with Crippen LogP contribution in [0.5, 0.6) is 0 Å². The molecule has 178 valence electrons. The molecule has 0 spiro atoms. The van der Waals surface area contributed by atoms with Crippen molar-refractivity contribution in [1.29, 1.82) is 0 Å². The number of nitrogens with zero attached hydrogens (tertiary/aromatic N) is 4. The summed E-state index contributed by atoms with van der Waals surface area (Å²) in [6.45, 7) is 7.61. The zero-order valence-electron chi connectivity index (χ0n) is 19.0. The average Bonchev–Trinajstić information content (AvgIpc) is 3.49.